The van der Waals surface area contributed by atoms with Gasteiger partial charge in [-0.3, -0.25) is 0 Å². The second kappa shape index (κ2) is 11.1. The summed E-state index contributed by atoms with van der Waals surface area (Å²) < 4.78 is 0. The molecule has 0 aromatic rings. The van der Waals surface area contributed by atoms with Crippen LogP contribution in [0.3, 0.4) is 0 Å². The summed E-state index contributed by atoms with van der Waals surface area (Å²) in [5, 5.41) is 0. The van der Waals surface area contributed by atoms with Gasteiger partial charge in [-0.1, -0.05) is 46.0 Å². The van der Waals surface area contributed by atoms with E-state index in [1.54, 1.807) is 0 Å². The van der Waals surface area contributed by atoms with Crippen LogP contribution in [-0.2, 0) is 0 Å². The Labute approximate surface area is 83.0 Å². The first kappa shape index (κ1) is 12.0. The van der Waals surface area contributed by atoms with Gasteiger partial charge in [-0.25, -0.2) is 0 Å². The van der Waals surface area contributed by atoms with Crippen LogP contribution in [0.2, 0.25) is 0 Å². The minimum Gasteiger partial charge on any atom is -0.0683 e. The molecule has 0 radical (unpaired) electrons. The Hall–Kier alpha value is 1.26. The van der Waals surface area contributed by atoms with Crippen molar-refractivity contribution in [3.63, 3.8) is 0 Å². The van der Waals surface area contributed by atoms with Gasteiger partial charge in [-0.2, -0.15) is 0 Å². The summed E-state index contributed by atoms with van der Waals surface area (Å²) >= 11 is 0. The van der Waals surface area contributed by atoms with Crippen molar-refractivity contribution in [1.29, 1.82) is 0 Å². The van der Waals surface area contributed by atoms with Gasteiger partial charge < -0.3 is 0 Å². The van der Waals surface area contributed by atoms with Crippen LogP contribution in [0.1, 0.15) is 46.0 Å². The van der Waals surface area contributed by atoms with Crippen molar-refractivity contribution < 1.29 is 37.7 Å². The number of hydrogen-bond acceptors (Lipinski definition) is 0. The molecule has 0 bridgehead atoms. The Balaban J connectivity index is 0. The molecule has 1 saturated carbocycles. The first-order valence-corrected chi connectivity index (χ1v) is 3.50. The summed E-state index contributed by atoms with van der Waals surface area (Å²) in [7, 11) is 0. The molecule has 52 valence electrons. The molecular formula is C7H16Ar. The zero-order valence-corrected chi connectivity index (χ0v) is 6.60. The van der Waals surface area contributed by atoms with E-state index in [9.17, 15) is 0 Å². The van der Waals surface area contributed by atoms with Crippen LogP contribution in [0.15, 0.2) is 0 Å². The fourth-order valence-electron chi connectivity index (χ4n) is 0.884. The Morgan fingerprint density at radius 2 is 0.750 bits per heavy atom. The van der Waals surface area contributed by atoms with Crippen molar-refractivity contribution in [1.82, 2.24) is 0 Å². The van der Waals surface area contributed by atoms with Gasteiger partial charge in [0, 0.05) is 37.7 Å². The third kappa shape index (κ3) is 7.26. The normalized spacial score (nSPS) is 15.8. The summed E-state index contributed by atoms with van der Waals surface area (Å²) in [4.78, 5) is 0. The molecular weight excluding hydrogens is 124 g/mol. The molecule has 1 rings (SSSR count). The Morgan fingerprint density at radius 3 is 0.875 bits per heavy atom. The average molecular weight is 140 g/mol. The summed E-state index contributed by atoms with van der Waals surface area (Å²) in [5.74, 6) is 0. The minimum absolute atomic E-state index is 0. The van der Waals surface area contributed by atoms with Gasteiger partial charge in [0.05, 0.1) is 0 Å². The van der Waals surface area contributed by atoms with E-state index < -0.39 is 0 Å². The molecule has 1 aliphatic carbocycles. The van der Waals surface area contributed by atoms with E-state index >= 15 is 0 Å². The van der Waals surface area contributed by atoms with E-state index in [4.69, 9.17) is 0 Å². The van der Waals surface area contributed by atoms with Crippen LogP contribution in [0.5, 0.6) is 0 Å². The molecule has 0 N–H and O–H groups in total. The Bertz CT molecular complexity index is 16.0. The number of hydrogen-bond donors (Lipinski definition) is 0. The van der Waals surface area contributed by atoms with Gasteiger partial charge in [-0.15, -0.1) is 0 Å². The maximum Gasteiger partial charge on any atom is 0 e. The topological polar surface area (TPSA) is 0 Å². The van der Waals surface area contributed by atoms with Crippen molar-refractivity contribution in [2.45, 2.75) is 46.0 Å². The second-order valence-corrected chi connectivity index (χ2v) is 1.77. The van der Waals surface area contributed by atoms with Crippen LogP contribution >= 0.6 is 0 Å². The van der Waals surface area contributed by atoms with Gasteiger partial charge >= 0.3 is 0 Å². The summed E-state index contributed by atoms with van der Waals surface area (Å²) in [5.41, 5.74) is 0. The summed E-state index contributed by atoms with van der Waals surface area (Å²) in [6, 6.07) is 0. The summed E-state index contributed by atoms with van der Waals surface area (Å²) in [6.07, 6.45) is 7.50. The average Bonchev–Trinajstić information content (AvgIpc) is 2.23. The van der Waals surface area contributed by atoms with Crippen LogP contribution in [0, 0.1) is 37.7 Å². The smallest absolute Gasteiger partial charge is 0 e. The van der Waals surface area contributed by atoms with Crippen LogP contribution < -0.4 is 0 Å². The van der Waals surface area contributed by atoms with Crippen molar-refractivity contribution in [2.24, 2.45) is 0 Å². The molecule has 0 unspecified atom stereocenters. The maximum absolute atomic E-state index is 2.00. The maximum atomic E-state index is 2.00. The summed E-state index contributed by atoms with van der Waals surface area (Å²) in [6.45, 7) is 4.00. The standard InChI is InChI=1S/C5H10.C2H6.Ar/c1-2-4-5-3-1;1-2;/h1-5H2;1-2H3;. The first-order valence-electron chi connectivity index (χ1n) is 3.50. The minimum atomic E-state index is 0. The molecule has 1 heteroatoms. The van der Waals surface area contributed by atoms with E-state index in [0.29, 0.717) is 0 Å². The molecule has 0 heterocycles. The Kier molecular flexibility index (Phi) is 16.6. The largest absolute Gasteiger partial charge is 0.0683 e. The molecule has 0 aromatic heterocycles. The van der Waals surface area contributed by atoms with Gasteiger partial charge in [-0.05, 0) is 0 Å². The van der Waals surface area contributed by atoms with Gasteiger partial charge in [0.25, 0.3) is 0 Å². The monoisotopic (exact) mass is 140 g/mol. The third-order valence-electron chi connectivity index (χ3n) is 1.25. The van der Waals surface area contributed by atoms with Crippen molar-refractivity contribution in [2.75, 3.05) is 0 Å². The SMILES string of the molecule is C1CCCC1.CC.[Ar]. The van der Waals surface area contributed by atoms with Crippen LogP contribution in [-0.4, -0.2) is 0 Å². The molecule has 0 nitrogen and oxygen atoms in total. The quantitative estimate of drug-likeness (QED) is 0.485. The van der Waals surface area contributed by atoms with Crippen molar-refractivity contribution in [3.8, 4) is 0 Å². The van der Waals surface area contributed by atoms with Gasteiger partial charge in [0.2, 0.25) is 0 Å². The van der Waals surface area contributed by atoms with Crippen LogP contribution in [0.4, 0.5) is 0 Å². The molecule has 0 aromatic carbocycles. The molecule has 0 amide bonds. The van der Waals surface area contributed by atoms with Gasteiger partial charge in [0.15, 0.2) is 0 Å². The van der Waals surface area contributed by atoms with E-state index in [-0.39, 0.29) is 37.7 Å². The van der Waals surface area contributed by atoms with Crippen molar-refractivity contribution in [3.05, 3.63) is 0 Å². The van der Waals surface area contributed by atoms with Gasteiger partial charge in [0.1, 0.15) is 0 Å². The zero-order valence-electron chi connectivity index (χ0n) is 5.89. The molecule has 1 fully saturated rings. The molecule has 0 atom stereocenters. The number of rotatable bonds is 0. The van der Waals surface area contributed by atoms with Crippen LogP contribution in [0.25, 0.3) is 0 Å². The molecule has 0 spiro atoms. The molecule has 8 heavy (non-hydrogen) atoms. The van der Waals surface area contributed by atoms with E-state index in [1.165, 1.54) is 32.1 Å². The van der Waals surface area contributed by atoms with E-state index in [0.717, 1.165) is 0 Å². The predicted octanol–water partition coefficient (Wildman–Crippen LogP) is 2.98. The molecule has 0 aliphatic heterocycles. The molecule has 1 aliphatic rings. The predicted molar refractivity (Wildman–Crippen MR) is 34.4 cm³/mol. The first-order chi connectivity index (χ1) is 3.50. The van der Waals surface area contributed by atoms with E-state index in [1.807, 2.05) is 13.8 Å². The molecule has 0 saturated heterocycles. The fourth-order valence-corrected chi connectivity index (χ4v) is 0.884. The second-order valence-electron chi connectivity index (χ2n) is 1.77. The van der Waals surface area contributed by atoms with E-state index in [2.05, 4.69) is 0 Å². The Morgan fingerprint density at radius 1 is 0.625 bits per heavy atom. The fraction of sp³-hybridized carbons (Fsp3) is 1.00. The zero-order chi connectivity index (χ0) is 5.54. The van der Waals surface area contributed by atoms with Crippen molar-refractivity contribution >= 4 is 0 Å². The third-order valence-corrected chi connectivity index (χ3v) is 1.25.